The topological polar surface area (TPSA) is 46.1 Å². The molecule has 1 aliphatic carbocycles. The van der Waals surface area contributed by atoms with Crippen molar-refractivity contribution >= 4 is 17.5 Å². The Labute approximate surface area is 122 Å². The van der Waals surface area contributed by atoms with Crippen LogP contribution < -0.4 is 0 Å². The number of amides is 1. The van der Waals surface area contributed by atoms with Gasteiger partial charge in [-0.3, -0.25) is 9.78 Å². The summed E-state index contributed by atoms with van der Waals surface area (Å²) in [6.07, 6.45) is 4.99. The highest BCUT2D eigenvalue weighted by atomic mass is 35.5. The number of carbonyl (C=O) groups excluding carboxylic acids is 1. The summed E-state index contributed by atoms with van der Waals surface area (Å²) in [5.41, 5.74) is 1.42. The molecular formula is C15H14ClN3O. The second-order valence-electron chi connectivity index (χ2n) is 4.88. The lowest BCUT2D eigenvalue weighted by atomic mass is 10.2. The van der Waals surface area contributed by atoms with E-state index in [1.54, 1.807) is 0 Å². The molecule has 20 heavy (non-hydrogen) atoms. The third kappa shape index (κ3) is 2.96. The van der Waals surface area contributed by atoms with Crippen molar-refractivity contribution in [3.63, 3.8) is 0 Å². The molecule has 0 aliphatic heterocycles. The molecule has 0 N–H and O–H groups in total. The summed E-state index contributed by atoms with van der Waals surface area (Å²) in [4.78, 5) is 22.4. The molecule has 2 aromatic rings. The van der Waals surface area contributed by atoms with Crippen molar-refractivity contribution < 1.29 is 4.79 Å². The molecule has 0 radical (unpaired) electrons. The third-order valence-electron chi connectivity index (χ3n) is 3.27. The Balaban J connectivity index is 1.82. The Kier molecular flexibility index (Phi) is 3.65. The van der Waals surface area contributed by atoms with Gasteiger partial charge in [0.1, 0.15) is 10.8 Å². The van der Waals surface area contributed by atoms with Crippen LogP contribution in [0, 0.1) is 0 Å². The average Bonchev–Trinajstić information content (AvgIpc) is 3.30. The summed E-state index contributed by atoms with van der Waals surface area (Å²) in [6.45, 7) is 0.596. The summed E-state index contributed by atoms with van der Waals surface area (Å²) in [5.74, 6) is -0.105. The largest absolute Gasteiger partial charge is 0.330 e. The van der Waals surface area contributed by atoms with Crippen LogP contribution in [0.4, 0.5) is 0 Å². The number of carbonyl (C=O) groups is 1. The van der Waals surface area contributed by atoms with E-state index >= 15 is 0 Å². The van der Waals surface area contributed by atoms with E-state index in [9.17, 15) is 4.79 Å². The van der Waals surface area contributed by atoms with Crippen LogP contribution in [-0.2, 0) is 6.54 Å². The lowest BCUT2D eigenvalue weighted by Gasteiger charge is -2.22. The SMILES string of the molecule is O=C(c1cncc(Cl)n1)N(Cc1ccccc1)C1CC1. The summed E-state index contributed by atoms with van der Waals surface area (Å²) >= 11 is 5.80. The molecule has 0 bridgehead atoms. The van der Waals surface area contributed by atoms with Gasteiger partial charge in [0, 0.05) is 12.6 Å². The minimum Gasteiger partial charge on any atom is -0.330 e. The minimum absolute atomic E-state index is 0.105. The molecular weight excluding hydrogens is 274 g/mol. The first-order valence-electron chi connectivity index (χ1n) is 6.56. The van der Waals surface area contributed by atoms with Crippen molar-refractivity contribution in [3.05, 3.63) is 59.1 Å². The summed E-state index contributed by atoms with van der Waals surface area (Å²) in [6, 6.07) is 10.3. The average molecular weight is 288 g/mol. The van der Waals surface area contributed by atoms with Crippen molar-refractivity contribution in [1.82, 2.24) is 14.9 Å². The fraction of sp³-hybridized carbons (Fsp3) is 0.267. The van der Waals surface area contributed by atoms with Crippen LogP contribution in [0.5, 0.6) is 0 Å². The molecule has 1 heterocycles. The first-order valence-corrected chi connectivity index (χ1v) is 6.94. The fourth-order valence-electron chi connectivity index (χ4n) is 2.13. The number of nitrogens with zero attached hydrogens (tertiary/aromatic N) is 3. The Morgan fingerprint density at radius 3 is 2.65 bits per heavy atom. The molecule has 102 valence electrons. The van der Waals surface area contributed by atoms with Crippen molar-refractivity contribution in [2.24, 2.45) is 0 Å². The molecule has 1 fully saturated rings. The van der Waals surface area contributed by atoms with Gasteiger partial charge in [0.15, 0.2) is 0 Å². The molecule has 1 saturated carbocycles. The molecule has 0 spiro atoms. The van der Waals surface area contributed by atoms with E-state index in [-0.39, 0.29) is 11.1 Å². The number of halogens is 1. The molecule has 4 nitrogen and oxygen atoms in total. The molecule has 1 aliphatic rings. The molecule has 5 heteroatoms. The molecule has 3 rings (SSSR count). The summed E-state index contributed by atoms with van der Waals surface area (Å²) in [5, 5.41) is 0.242. The van der Waals surface area contributed by atoms with Crippen molar-refractivity contribution in [3.8, 4) is 0 Å². The van der Waals surface area contributed by atoms with Crippen LogP contribution in [0.3, 0.4) is 0 Å². The molecule has 1 amide bonds. The Morgan fingerprint density at radius 1 is 1.25 bits per heavy atom. The van der Waals surface area contributed by atoms with Gasteiger partial charge in [-0.05, 0) is 18.4 Å². The monoisotopic (exact) mass is 287 g/mol. The summed E-state index contributed by atoms with van der Waals surface area (Å²) in [7, 11) is 0. The second-order valence-corrected chi connectivity index (χ2v) is 5.26. The highest BCUT2D eigenvalue weighted by Gasteiger charge is 2.33. The second kappa shape index (κ2) is 5.59. The van der Waals surface area contributed by atoms with E-state index in [4.69, 9.17) is 11.6 Å². The molecule has 0 atom stereocenters. The zero-order valence-corrected chi connectivity index (χ0v) is 11.6. The first kappa shape index (κ1) is 13.1. The van der Waals surface area contributed by atoms with E-state index in [2.05, 4.69) is 9.97 Å². The number of benzene rings is 1. The lowest BCUT2D eigenvalue weighted by Crippen LogP contribution is -2.33. The zero-order chi connectivity index (χ0) is 13.9. The van der Waals surface area contributed by atoms with Gasteiger partial charge in [-0.1, -0.05) is 41.9 Å². The van der Waals surface area contributed by atoms with E-state index in [1.165, 1.54) is 12.4 Å². The smallest absolute Gasteiger partial charge is 0.274 e. The van der Waals surface area contributed by atoms with Crippen LogP contribution in [0.2, 0.25) is 5.15 Å². The van der Waals surface area contributed by atoms with E-state index in [0.717, 1.165) is 18.4 Å². The van der Waals surface area contributed by atoms with Gasteiger partial charge in [0.25, 0.3) is 5.91 Å². The summed E-state index contributed by atoms with van der Waals surface area (Å²) < 4.78 is 0. The Hall–Kier alpha value is -1.94. The maximum absolute atomic E-state index is 12.5. The van der Waals surface area contributed by atoms with Gasteiger partial charge in [0.05, 0.1) is 12.4 Å². The predicted octanol–water partition coefficient (Wildman–Crippen LogP) is 2.93. The molecule has 1 aromatic heterocycles. The Morgan fingerprint density at radius 2 is 2.00 bits per heavy atom. The standard InChI is InChI=1S/C15H14ClN3O/c16-14-9-17-8-13(18-14)15(20)19(12-6-7-12)10-11-4-2-1-3-5-11/h1-5,8-9,12H,6-7,10H2. The van der Waals surface area contributed by atoms with Crippen LogP contribution >= 0.6 is 11.6 Å². The van der Waals surface area contributed by atoms with Crippen LogP contribution in [-0.4, -0.2) is 26.8 Å². The normalized spacial score (nSPS) is 14.1. The van der Waals surface area contributed by atoms with Crippen molar-refractivity contribution in [2.45, 2.75) is 25.4 Å². The van der Waals surface area contributed by atoms with E-state index in [0.29, 0.717) is 18.3 Å². The number of hydrogen-bond acceptors (Lipinski definition) is 3. The fourth-order valence-corrected chi connectivity index (χ4v) is 2.27. The maximum atomic E-state index is 12.5. The number of rotatable bonds is 4. The van der Waals surface area contributed by atoms with Gasteiger partial charge in [0.2, 0.25) is 0 Å². The van der Waals surface area contributed by atoms with E-state index in [1.807, 2.05) is 35.2 Å². The lowest BCUT2D eigenvalue weighted by molar-refractivity contribution is 0.0723. The first-order chi connectivity index (χ1) is 9.74. The highest BCUT2D eigenvalue weighted by Crippen LogP contribution is 2.29. The van der Waals surface area contributed by atoms with Gasteiger partial charge in [-0.25, -0.2) is 4.98 Å². The molecule has 0 unspecified atom stereocenters. The number of hydrogen-bond donors (Lipinski definition) is 0. The minimum atomic E-state index is -0.105. The van der Waals surface area contributed by atoms with Crippen molar-refractivity contribution in [1.29, 1.82) is 0 Å². The molecule has 1 aromatic carbocycles. The van der Waals surface area contributed by atoms with Crippen molar-refractivity contribution in [2.75, 3.05) is 0 Å². The van der Waals surface area contributed by atoms with Crippen LogP contribution in [0.25, 0.3) is 0 Å². The van der Waals surface area contributed by atoms with Crippen LogP contribution in [0.15, 0.2) is 42.7 Å². The van der Waals surface area contributed by atoms with Gasteiger partial charge in [-0.15, -0.1) is 0 Å². The van der Waals surface area contributed by atoms with Gasteiger partial charge in [-0.2, -0.15) is 0 Å². The number of aromatic nitrogens is 2. The highest BCUT2D eigenvalue weighted by molar-refractivity contribution is 6.29. The third-order valence-corrected chi connectivity index (χ3v) is 3.45. The quantitative estimate of drug-likeness (QED) is 0.868. The van der Waals surface area contributed by atoms with Crippen LogP contribution in [0.1, 0.15) is 28.9 Å². The zero-order valence-electron chi connectivity index (χ0n) is 10.9. The molecule has 0 saturated heterocycles. The predicted molar refractivity (Wildman–Crippen MR) is 76.4 cm³/mol. The van der Waals surface area contributed by atoms with E-state index < -0.39 is 0 Å². The maximum Gasteiger partial charge on any atom is 0.274 e. The Bertz CT molecular complexity index is 614. The van der Waals surface area contributed by atoms with Gasteiger partial charge >= 0.3 is 0 Å². The van der Waals surface area contributed by atoms with Gasteiger partial charge < -0.3 is 4.90 Å².